The van der Waals surface area contributed by atoms with Gasteiger partial charge in [0.05, 0.1) is 62.5 Å². The summed E-state index contributed by atoms with van der Waals surface area (Å²) in [6, 6.07) is 7.54. The van der Waals surface area contributed by atoms with Crippen LogP contribution < -0.4 is 24.4 Å². The van der Waals surface area contributed by atoms with E-state index in [-0.39, 0.29) is 0 Å². The van der Waals surface area contributed by atoms with Gasteiger partial charge in [-0.25, -0.2) is 4.98 Å². The second-order valence-corrected chi connectivity index (χ2v) is 11.6. The fourth-order valence-corrected chi connectivity index (χ4v) is 6.87. The Kier molecular flexibility index (Phi) is 8.57. The quantitative estimate of drug-likeness (QED) is 0.170. The summed E-state index contributed by atoms with van der Waals surface area (Å²) in [7, 11) is 4.72. The average Bonchev–Trinajstić information content (AvgIpc) is 3.77. The van der Waals surface area contributed by atoms with Crippen molar-refractivity contribution >= 4 is 52.8 Å². The number of halogens is 2. The molecule has 2 aliphatic rings. The summed E-state index contributed by atoms with van der Waals surface area (Å²) in [5.41, 5.74) is 6.20. The first-order valence-electron chi connectivity index (χ1n) is 14.2. The summed E-state index contributed by atoms with van der Waals surface area (Å²) in [5.74, 6) is 2.57. The molecule has 0 radical (unpaired) electrons. The lowest BCUT2D eigenvalue weighted by Crippen LogP contribution is -2.23. The van der Waals surface area contributed by atoms with Gasteiger partial charge in [0.15, 0.2) is 0 Å². The molecule has 6 rings (SSSR count). The van der Waals surface area contributed by atoms with Crippen molar-refractivity contribution in [1.29, 1.82) is 0 Å². The number of aromatic nitrogens is 2. The van der Waals surface area contributed by atoms with Crippen molar-refractivity contribution in [2.75, 3.05) is 57.8 Å². The highest BCUT2D eigenvalue weighted by molar-refractivity contribution is 6.41. The molecule has 12 heteroatoms. The maximum Gasteiger partial charge on any atom is 0.211 e. The van der Waals surface area contributed by atoms with Gasteiger partial charge in [0.2, 0.25) is 6.41 Å². The van der Waals surface area contributed by atoms with Crippen LogP contribution in [-0.4, -0.2) is 69.6 Å². The summed E-state index contributed by atoms with van der Waals surface area (Å²) < 4.78 is 24.4. The Morgan fingerprint density at radius 1 is 1.02 bits per heavy atom. The van der Waals surface area contributed by atoms with Crippen molar-refractivity contribution in [1.82, 2.24) is 9.38 Å². The molecule has 2 fully saturated rings. The van der Waals surface area contributed by atoms with Crippen LogP contribution in [0.5, 0.6) is 17.2 Å². The van der Waals surface area contributed by atoms with Crippen molar-refractivity contribution in [2.24, 2.45) is 16.8 Å². The van der Waals surface area contributed by atoms with Crippen molar-refractivity contribution in [3.63, 3.8) is 0 Å². The van der Waals surface area contributed by atoms with Crippen LogP contribution >= 0.6 is 23.2 Å². The number of fused-ring (bicyclic) bond motifs is 2. The number of carbonyl (C=O) groups excluding carboxylic acids is 1. The smallest absolute Gasteiger partial charge is 0.211 e. The molecule has 2 saturated heterocycles. The molecule has 0 saturated carbocycles. The molecular formula is C32H33Cl2N5O5. The van der Waals surface area contributed by atoms with Crippen LogP contribution in [0.25, 0.3) is 16.8 Å². The summed E-state index contributed by atoms with van der Waals surface area (Å²) in [4.78, 5) is 23.2. The second kappa shape index (κ2) is 12.6. The number of pyridine rings is 1. The van der Waals surface area contributed by atoms with E-state index in [0.29, 0.717) is 68.9 Å². The molecule has 44 heavy (non-hydrogen) atoms. The molecule has 230 valence electrons. The Hall–Kier alpha value is -3.99. The number of hydrogen-bond donors (Lipinski definition) is 1. The highest BCUT2D eigenvalue weighted by Gasteiger charge is 2.38. The van der Waals surface area contributed by atoms with Gasteiger partial charge in [-0.15, -0.1) is 0 Å². The minimum atomic E-state index is 0.321. The highest BCUT2D eigenvalue weighted by atomic mass is 35.5. The zero-order valence-corrected chi connectivity index (χ0v) is 26.4. The highest BCUT2D eigenvalue weighted by Crippen LogP contribution is 2.47. The Morgan fingerprint density at radius 2 is 1.70 bits per heavy atom. The van der Waals surface area contributed by atoms with Gasteiger partial charge >= 0.3 is 0 Å². The van der Waals surface area contributed by atoms with Gasteiger partial charge in [0.25, 0.3) is 0 Å². The van der Waals surface area contributed by atoms with Crippen molar-refractivity contribution in [3.05, 3.63) is 63.5 Å². The molecule has 4 aromatic rings. The van der Waals surface area contributed by atoms with Gasteiger partial charge in [-0.1, -0.05) is 23.2 Å². The lowest BCUT2D eigenvalue weighted by molar-refractivity contribution is -0.105. The second-order valence-electron chi connectivity index (χ2n) is 10.9. The molecule has 2 atom stereocenters. The molecule has 0 bridgehead atoms. The van der Waals surface area contributed by atoms with Crippen LogP contribution in [0.3, 0.4) is 0 Å². The molecule has 10 nitrogen and oxygen atoms in total. The maximum absolute atomic E-state index is 11.5. The SMILES string of the molecule is COc1cc(N2CC3COCC3C2)c(NC=O)cc1CN=Cc1cc(-c2c(Cl)c(OC)cc(OC)c2Cl)c2nccn2c1C. The zero-order chi connectivity index (χ0) is 31.0. The number of methoxy groups -OCH3 is 3. The van der Waals surface area contributed by atoms with Crippen LogP contribution in [0, 0.1) is 18.8 Å². The van der Waals surface area contributed by atoms with E-state index in [0.717, 1.165) is 54.5 Å². The largest absolute Gasteiger partial charge is 0.496 e. The minimum absolute atomic E-state index is 0.321. The lowest BCUT2D eigenvalue weighted by atomic mass is 10.0. The van der Waals surface area contributed by atoms with E-state index < -0.39 is 0 Å². The molecule has 2 unspecified atom stereocenters. The molecule has 0 spiro atoms. The van der Waals surface area contributed by atoms with Gasteiger partial charge in [-0.05, 0) is 19.1 Å². The number of amides is 1. The Bertz CT molecular complexity index is 1720. The molecule has 0 aliphatic carbocycles. The fourth-order valence-electron chi connectivity index (χ4n) is 6.17. The van der Waals surface area contributed by atoms with E-state index in [1.807, 2.05) is 35.7 Å². The number of anilines is 2. The van der Waals surface area contributed by atoms with Crippen LogP contribution in [0.2, 0.25) is 10.0 Å². The first kappa shape index (κ1) is 30.1. The summed E-state index contributed by atoms with van der Waals surface area (Å²) in [5, 5.41) is 3.59. The van der Waals surface area contributed by atoms with E-state index in [4.69, 9.17) is 47.1 Å². The van der Waals surface area contributed by atoms with Crippen molar-refractivity contribution < 1.29 is 23.7 Å². The standard InChI is InChI=1S/C32H33Cl2N5O5/c1-18-19(7-23(32-36-5-6-39(18)32)29-30(33)27(42-3)10-28(43-4)31(29)34)11-35-12-20-8-24(37-17-40)25(9-26(20)41-2)38-13-21-15-44-16-22(21)14-38/h5-11,17,21-22H,12-16H2,1-4H3,(H,37,40). The molecule has 1 N–H and O–H groups in total. The van der Waals surface area contributed by atoms with Gasteiger partial charge in [-0.2, -0.15) is 0 Å². The number of rotatable bonds is 10. The van der Waals surface area contributed by atoms with Gasteiger partial charge in [0, 0.05) is 83.6 Å². The summed E-state index contributed by atoms with van der Waals surface area (Å²) in [6.07, 6.45) is 6.11. The predicted octanol–water partition coefficient (Wildman–Crippen LogP) is 5.91. The van der Waals surface area contributed by atoms with E-state index in [1.54, 1.807) is 39.8 Å². The number of hydrogen-bond acceptors (Lipinski definition) is 8. The fraction of sp³-hybridized carbons (Fsp3) is 0.344. The van der Waals surface area contributed by atoms with Crippen molar-refractivity contribution in [3.8, 4) is 28.4 Å². The van der Waals surface area contributed by atoms with Crippen LogP contribution in [0.1, 0.15) is 16.8 Å². The Balaban J connectivity index is 1.36. The third-order valence-corrected chi connectivity index (χ3v) is 9.24. The van der Waals surface area contributed by atoms with Crippen LogP contribution in [0.4, 0.5) is 11.4 Å². The third kappa shape index (κ3) is 5.31. The Labute approximate surface area is 265 Å². The monoisotopic (exact) mass is 637 g/mol. The number of imidazole rings is 1. The number of nitrogens with zero attached hydrogens (tertiary/aromatic N) is 4. The van der Waals surface area contributed by atoms with Crippen LogP contribution in [-0.2, 0) is 16.1 Å². The number of benzene rings is 2. The number of ether oxygens (including phenoxy) is 4. The van der Waals surface area contributed by atoms with E-state index in [2.05, 4.69) is 15.2 Å². The maximum atomic E-state index is 11.5. The van der Waals surface area contributed by atoms with Gasteiger partial charge in [-0.3, -0.25) is 9.79 Å². The topological polar surface area (TPSA) is 98.9 Å². The Morgan fingerprint density at radius 3 is 2.34 bits per heavy atom. The molecule has 2 aliphatic heterocycles. The number of aliphatic imine (C=N–C) groups is 1. The number of aryl methyl sites for hydroxylation is 1. The predicted molar refractivity (Wildman–Crippen MR) is 172 cm³/mol. The van der Waals surface area contributed by atoms with Crippen LogP contribution in [0.15, 0.2) is 41.7 Å². The number of carbonyl (C=O) groups is 1. The van der Waals surface area contributed by atoms with E-state index >= 15 is 0 Å². The van der Waals surface area contributed by atoms with Gasteiger partial charge < -0.3 is 33.6 Å². The summed E-state index contributed by atoms with van der Waals surface area (Å²) in [6.45, 7) is 5.62. The molecule has 2 aromatic heterocycles. The average molecular weight is 639 g/mol. The number of nitrogens with one attached hydrogen (secondary N) is 1. The normalized spacial score (nSPS) is 17.8. The molecule has 2 aromatic carbocycles. The lowest BCUT2D eigenvalue weighted by Gasteiger charge is -2.24. The first-order chi connectivity index (χ1) is 21.4. The minimum Gasteiger partial charge on any atom is -0.496 e. The third-order valence-electron chi connectivity index (χ3n) is 8.49. The summed E-state index contributed by atoms with van der Waals surface area (Å²) >= 11 is 13.6. The van der Waals surface area contributed by atoms with E-state index in [9.17, 15) is 4.79 Å². The zero-order valence-electron chi connectivity index (χ0n) is 24.9. The van der Waals surface area contributed by atoms with Crippen molar-refractivity contribution in [2.45, 2.75) is 13.5 Å². The molecular weight excluding hydrogens is 605 g/mol. The first-order valence-corrected chi connectivity index (χ1v) is 14.9. The van der Waals surface area contributed by atoms with E-state index in [1.165, 1.54) is 0 Å². The molecule has 1 amide bonds. The van der Waals surface area contributed by atoms with Gasteiger partial charge in [0.1, 0.15) is 22.9 Å². The molecule has 4 heterocycles.